The Hall–Kier alpha value is -0.391. The van der Waals surface area contributed by atoms with E-state index in [4.69, 9.17) is 0 Å². The van der Waals surface area contributed by atoms with E-state index in [-0.39, 0.29) is 43.4 Å². The fourth-order valence-electron chi connectivity index (χ4n) is 1.03. The SMILES string of the molecule is C1=CCC=C1.[Ti+2].[Ti].c1cc[cH-]c1.c1cc[cH-]c1. The molecule has 2 heteroatoms. The van der Waals surface area contributed by atoms with Crippen molar-refractivity contribution >= 4 is 0 Å². The molecule has 0 aliphatic heterocycles. The molecule has 0 fully saturated rings. The van der Waals surface area contributed by atoms with Gasteiger partial charge in [-0.05, 0) is 6.42 Å². The van der Waals surface area contributed by atoms with Crippen molar-refractivity contribution in [2.24, 2.45) is 0 Å². The maximum absolute atomic E-state index is 2.12. The summed E-state index contributed by atoms with van der Waals surface area (Å²) in [6, 6.07) is 20.0. The van der Waals surface area contributed by atoms with Crippen molar-refractivity contribution in [2.75, 3.05) is 0 Å². The summed E-state index contributed by atoms with van der Waals surface area (Å²) in [4.78, 5) is 0. The van der Waals surface area contributed by atoms with Gasteiger partial charge in [0.15, 0.2) is 0 Å². The molecule has 3 rings (SSSR count). The molecule has 0 spiro atoms. The van der Waals surface area contributed by atoms with Crippen LogP contribution in [0.2, 0.25) is 0 Å². The summed E-state index contributed by atoms with van der Waals surface area (Å²) in [5.41, 5.74) is 0. The molecule has 0 saturated heterocycles. The summed E-state index contributed by atoms with van der Waals surface area (Å²) >= 11 is 0. The summed E-state index contributed by atoms with van der Waals surface area (Å²) in [6.45, 7) is 0. The van der Waals surface area contributed by atoms with Gasteiger partial charge >= 0.3 is 21.7 Å². The van der Waals surface area contributed by atoms with Gasteiger partial charge in [0.25, 0.3) is 0 Å². The molecule has 2 aromatic carbocycles. The minimum Gasteiger partial charge on any atom is -0.214 e. The van der Waals surface area contributed by atoms with Crippen molar-refractivity contribution in [2.45, 2.75) is 6.42 Å². The molecule has 0 heterocycles. The first-order valence-corrected chi connectivity index (χ1v) is 5.15. The zero-order valence-electron chi connectivity index (χ0n) is 9.79. The molecule has 1 aliphatic carbocycles. The van der Waals surface area contributed by atoms with Crippen LogP contribution >= 0.6 is 0 Å². The van der Waals surface area contributed by atoms with Crippen LogP contribution in [0.4, 0.5) is 0 Å². The molecule has 0 aromatic heterocycles. The molecule has 2 aromatic rings. The van der Waals surface area contributed by atoms with Crippen molar-refractivity contribution in [1.82, 2.24) is 0 Å². The smallest absolute Gasteiger partial charge is 0.214 e. The predicted octanol–water partition coefficient (Wildman–Crippen LogP) is 4.31. The quantitative estimate of drug-likeness (QED) is 0.501. The molecule has 0 saturated carbocycles. The average Bonchev–Trinajstić information content (AvgIpc) is 3.09. The van der Waals surface area contributed by atoms with Gasteiger partial charge in [-0.15, -0.1) is 0 Å². The Morgan fingerprint density at radius 3 is 1.12 bits per heavy atom. The van der Waals surface area contributed by atoms with Crippen molar-refractivity contribution in [3.8, 4) is 0 Å². The summed E-state index contributed by atoms with van der Waals surface area (Å²) in [5.74, 6) is 0. The third-order valence-corrected chi connectivity index (χ3v) is 1.77. The van der Waals surface area contributed by atoms with E-state index in [0.29, 0.717) is 0 Å². The van der Waals surface area contributed by atoms with Crippen LogP contribution < -0.4 is 0 Å². The Kier molecular flexibility index (Phi) is 17.4. The Balaban J connectivity index is 0. The minimum atomic E-state index is 0. The van der Waals surface area contributed by atoms with E-state index in [1.165, 1.54) is 0 Å². The van der Waals surface area contributed by atoms with E-state index in [2.05, 4.69) is 24.3 Å². The first-order valence-electron chi connectivity index (χ1n) is 5.15. The van der Waals surface area contributed by atoms with E-state index < -0.39 is 0 Å². The Morgan fingerprint density at radius 2 is 1.00 bits per heavy atom. The molecular weight excluding hydrogens is 276 g/mol. The van der Waals surface area contributed by atoms with Crippen molar-refractivity contribution in [1.29, 1.82) is 0 Å². The van der Waals surface area contributed by atoms with Crippen molar-refractivity contribution in [3.63, 3.8) is 0 Å². The second kappa shape index (κ2) is 15.6. The van der Waals surface area contributed by atoms with Gasteiger partial charge in [-0.3, -0.25) is 0 Å². The molecular formula is C15H16Ti2. The van der Waals surface area contributed by atoms with Crippen molar-refractivity contribution < 1.29 is 43.4 Å². The zero-order valence-corrected chi connectivity index (χ0v) is 12.9. The molecule has 0 N–H and O–H groups in total. The second-order valence-electron chi connectivity index (χ2n) is 3.02. The normalized spacial score (nSPS) is 9.88. The molecule has 0 nitrogen and oxygen atoms in total. The standard InChI is InChI=1S/C5H6.2C5H5.2Ti/c3*1-2-4-5-3-1;;/h1-4H,5H2;2*1-5H;;/q;2*-1;;+2. The number of hydrogen-bond acceptors (Lipinski definition) is 0. The van der Waals surface area contributed by atoms with Gasteiger partial charge in [-0.25, -0.2) is 24.3 Å². The second-order valence-corrected chi connectivity index (χ2v) is 3.02. The van der Waals surface area contributed by atoms with Gasteiger partial charge < -0.3 is 0 Å². The van der Waals surface area contributed by atoms with Crippen LogP contribution in [-0.2, 0) is 43.4 Å². The van der Waals surface area contributed by atoms with Gasteiger partial charge in [-0.2, -0.15) is 36.4 Å². The summed E-state index contributed by atoms with van der Waals surface area (Å²) in [6.07, 6.45) is 9.50. The van der Waals surface area contributed by atoms with Gasteiger partial charge in [0.1, 0.15) is 0 Å². The van der Waals surface area contributed by atoms with Gasteiger partial charge in [0.05, 0.1) is 0 Å². The van der Waals surface area contributed by atoms with Crippen LogP contribution in [0.15, 0.2) is 85.0 Å². The van der Waals surface area contributed by atoms with Gasteiger partial charge in [0.2, 0.25) is 0 Å². The fraction of sp³-hybridized carbons (Fsp3) is 0.0667. The van der Waals surface area contributed by atoms with Crippen LogP contribution in [0.25, 0.3) is 0 Å². The van der Waals surface area contributed by atoms with Gasteiger partial charge in [-0.1, -0.05) is 24.3 Å². The Morgan fingerprint density at radius 1 is 0.647 bits per heavy atom. The van der Waals surface area contributed by atoms with E-state index in [0.717, 1.165) is 6.42 Å². The van der Waals surface area contributed by atoms with E-state index >= 15 is 0 Å². The average molecular weight is 292 g/mol. The van der Waals surface area contributed by atoms with Crippen LogP contribution in [0, 0.1) is 0 Å². The third-order valence-electron chi connectivity index (χ3n) is 1.77. The summed E-state index contributed by atoms with van der Waals surface area (Å²) in [7, 11) is 0. The topological polar surface area (TPSA) is 0 Å². The van der Waals surface area contributed by atoms with Crippen LogP contribution in [0.3, 0.4) is 0 Å². The largest absolute Gasteiger partial charge is 2.00 e. The number of hydrogen-bond donors (Lipinski definition) is 0. The molecule has 84 valence electrons. The summed E-state index contributed by atoms with van der Waals surface area (Å²) < 4.78 is 0. The van der Waals surface area contributed by atoms with E-state index in [9.17, 15) is 0 Å². The van der Waals surface area contributed by atoms with Gasteiger partial charge in [0, 0.05) is 21.7 Å². The maximum Gasteiger partial charge on any atom is 2.00 e. The molecule has 0 atom stereocenters. The molecule has 0 unspecified atom stereocenters. The van der Waals surface area contributed by atoms with E-state index in [1.807, 2.05) is 60.7 Å². The molecule has 1 aliphatic rings. The number of rotatable bonds is 0. The maximum atomic E-state index is 2.12. The fourth-order valence-corrected chi connectivity index (χ4v) is 1.03. The Labute approximate surface area is 134 Å². The molecule has 17 heavy (non-hydrogen) atoms. The zero-order chi connectivity index (χ0) is 10.6. The molecule has 0 amide bonds. The third kappa shape index (κ3) is 13.5. The first-order chi connectivity index (χ1) is 7.50. The Bertz CT molecular complexity index is 271. The summed E-state index contributed by atoms with van der Waals surface area (Å²) in [5, 5.41) is 0. The number of allylic oxidation sites excluding steroid dienone is 4. The predicted molar refractivity (Wildman–Crippen MR) is 67.0 cm³/mol. The monoisotopic (exact) mass is 292 g/mol. The van der Waals surface area contributed by atoms with Crippen molar-refractivity contribution in [3.05, 3.63) is 85.0 Å². The first kappa shape index (κ1) is 19.0. The minimum absolute atomic E-state index is 0. The van der Waals surface area contributed by atoms with Crippen LogP contribution in [0.5, 0.6) is 0 Å². The van der Waals surface area contributed by atoms with Crippen LogP contribution in [0.1, 0.15) is 6.42 Å². The molecule has 0 radical (unpaired) electrons. The molecule has 0 bridgehead atoms. The van der Waals surface area contributed by atoms with Crippen LogP contribution in [-0.4, -0.2) is 0 Å². The van der Waals surface area contributed by atoms with E-state index in [1.54, 1.807) is 0 Å².